The summed E-state index contributed by atoms with van der Waals surface area (Å²) in [6.07, 6.45) is 5.24. The minimum atomic E-state index is 0.352. The van der Waals surface area contributed by atoms with Gasteiger partial charge in [-0.3, -0.25) is 4.90 Å². The first-order valence-electron chi connectivity index (χ1n) is 9.40. The molecule has 0 saturated carbocycles. The summed E-state index contributed by atoms with van der Waals surface area (Å²) in [5.74, 6) is 1.17. The summed E-state index contributed by atoms with van der Waals surface area (Å²) < 4.78 is 1.75. The molecule has 3 aromatic heterocycles. The molecule has 0 atom stereocenters. The van der Waals surface area contributed by atoms with Crippen molar-refractivity contribution < 1.29 is 0 Å². The Morgan fingerprint density at radius 1 is 1.11 bits per heavy atom. The lowest BCUT2D eigenvalue weighted by Crippen LogP contribution is -2.48. The maximum absolute atomic E-state index is 4.55. The van der Waals surface area contributed by atoms with Crippen LogP contribution in [0.1, 0.15) is 25.5 Å². The molecule has 4 heterocycles. The Kier molecular flexibility index (Phi) is 5.10. The monoisotopic (exact) mass is 367 g/mol. The van der Waals surface area contributed by atoms with E-state index in [4.69, 9.17) is 0 Å². The van der Waals surface area contributed by atoms with Crippen molar-refractivity contribution in [1.82, 2.24) is 34.7 Å². The van der Waals surface area contributed by atoms with E-state index >= 15 is 0 Å². The first kappa shape index (κ1) is 17.6. The van der Waals surface area contributed by atoms with Crippen LogP contribution in [0.15, 0.2) is 30.9 Å². The predicted octanol–water partition coefficient (Wildman–Crippen LogP) is 1.27. The van der Waals surface area contributed by atoms with E-state index in [0.29, 0.717) is 5.92 Å². The maximum atomic E-state index is 4.55. The molecular formula is C18H25N9. The molecule has 0 amide bonds. The molecule has 9 heteroatoms. The highest BCUT2D eigenvalue weighted by molar-refractivity contribution is 5.66. The third-order valence-corrected chi connectivity index (χ3v) is 4.83. The van der Waals surface area contributed by atoms with Crippen molar-refractivity contribution in [2.45, 2.75) is 19.8 Å². The molecule has 1 saturated heterocycles. The number of fused-ring (bicyclic) bond motifs is 1. The van der Waals surface area contributed by atoms with Crippen LogP contribution in [0.3, 0.4) is 0 Å². The zero-order valence-electron chi connectivity index (χ0n) is 15.8. The predicted molar refractivity (Wildman–Crippen MR) is 104 cm³/mol. The smallest absolute Gasteiger partial charge is 0.225 e. The summed E-state index contributed by atoms with van der Waals surface area (Å²) in [5.41, 5.74) is 2.79. The number of hydrogen-bond acceptors (Lipinski definition) is 8. The van der Waals surface area contributed by atoms with Gasteiger partial charge in [-0.2, -0.15) is 9.61 Å². The fourth-order valence-electron chi connectivity index (χ4n) is 3.23. The van der Waals surface area contributed by atoms with E-state index in [0.717, 1.165) is 62.2 Å². The fraction of sp³-hybridized carbons (Fsp3) is 0.500. The number of hydrogen-bond donors (Lipinski definition) is 1. The first-order chi connectivity index (χ1) is 13.2. The van der Waals surface area contributed by atoms with E-state index in [9.17, 15) is 0 Å². The van der Waals surface area contributed by atoms with E-state index in [1.54, 1.807) is 23.2 Å². The van der Waals surface area contributed by atoms with Gasteiger partial charge in [-0.05, 0) is 18.1 Å². The fourth-order valence-corrected chi connectivity index (χ4v) is 3.23. The molecule has 0 aromatic carbocycles. The van der Waals surface area contributed by atoms with Gasteiger partial charge < -0.3 is 10.2 Å². The molecule has 0 radical (unpaired) electrons. The van der Waals surface area contributed by atoms with Crippen molar-refractivity contribution >= 4 is 17.3 Å². The van der Waals surface area contributed by atoms with Gasteiger partial charge >= 0.3 is 0 Å². The molecule has 0 aliphatic carbocycles. The maximum Gasteiger partial charge on any atom is 0.225 e. The quantitative estimate of drug-likeness (QED) is 0.697. The normalized spacial score (nSPS) is 15.6. The highest BCUT2D eigenvalue weighted by atomic mass is 15.4. The van der Waals surface area contributed by atoms with Crippen LogP contribution in [0, 0.1) is 0 Å². The van der Waals surface area contributed by atoms with Crippen LogP contribution in [-0.4, -0.2) is 73.9 Å². The Bertz CT molecular complexity index is 869. The Morgan fingerprint density at radius 2 is 1.89 bits per heavy atom. The molecule has 1 aliphatic rings. The Balaban J connectivity index is 1.32. The van der Waals surface area contributed by atoms with Gasteiger partial charge in [0, 0.05) is 51.7 Å². The average Bonchev–Trinajstić information content (AvgIpc) is 3.18. The average molecular weight is 367 g/mol. The van der Waals surface area contributed by atoms with Crippen molar-refractivity contribution in [3.63, 3.8) is 0 Å². The van der Waals surface area contributed by atoms with Crippen LogP contribution >= 0.6 is 0 Å². The van der Waals surface area contributed by atoms with Crippen LogP contribution in [0.2, 0.25) is 0 Å². The molecule has 1 aliphatic heterocycles. The third kappa shape index (κ3) is 3.97. The van der Waals surface area contributed by atoms with Crippen LogP contribution in [0.4, 0.5) is 11.6 Å². The molecular weight excluding hydrogens is 342 g/mol. The Labute approximate surface area is 158 Å². The lowest BCUT2D eigenvalue weighted by molar-refractivity contribution is 0.266. The molecule has 0 spiro atoms. The second-order valence-corrected chi connectivity index (χ2v) is 7.04. The standard InChI is InChI=1S/C18H25N9/c1-14(2)15-12-16(17-23-22-13-27(17)24-15)19-6-7-25-8-10-26(11-9-25)18-20-4-3-5-21-18/h3-5,12-14,19H,6-11H2,1-2H3. The summed E-state index contributed by atoms with van der Waals surface area (Å²) in [7, 11) is 0. The number of nitrogens with zero attached hydrogens (tertiary/aromatic N) is 8. The van der Waals surface area contributed by atoms with Crippen molar-refractivity contribution in [3.05, 3.63) is 36.5 Å². The van der Waals surface area contributed by atoms with E-state index in [2.05, 4.69) is 60.3 Å². The van der Waals surface area contributed by atoms with Gasteiger partial charge in [0.05, 0.1) is 11.4 Å². The summed E-state index contributed by atoms with van der Waals surface area (Å²) >= 11 is 0. The second-order valence-electron chi connectivity index (χ2n) is 7.04. The highest BCUT2D eigenvalue weighted by Crippen LogP contribution is 2.20. The van der Waals surface area contributed by atoms with Crippen molar-refractivity contribution in [1.29, 1.82) is 0 Å². The van der Waals surface area contributed by atoms with Crippen molar-refractivity contribution in [2.75, 3.05) is 49.5 Å². The lowest BCUT2D eigenvalue weighted by atomic mass is 10.1. The number of nitrogens with one attached hydrogen (secondary N) is 1. The number of piperazine rings is 1. The molecule has 3 aromatic rings. The summed E-state index contributed by atoms with van der Waals surface area (Å²) in [4.78, 5) is 13.4. The van der Waals surface area contributed by atoms with Gasteiger partial charge in [0.25, 0.3) is 0 Å². The SMILES string of the molecule is CC(C)c1cc(NCCN2CCN(c3ncccn3)CC2)c2nncn2n1. The molecule has 9 nitrogen and oxygen atoms in total. The van der Waals surface area contributed by atoms with Crippen LogP contribution < -0.4 is 10.2 Å². The van der Waals surface area contributed by atoms with E-state index in [1.807, 2.05) is 6.07 Å². The molecule has 1 N–H and O–H groups in total. The van der Waals surface area contributed by atoms with Gasteiger partial charge in [0.1, 0.15) is 6.33 Å². The Morgan fingerprint density at radius 3 is 2.63 bits per heavy atom. The number of anilines is 2. The third-order valence-electron chi connectivity index (χ3n) is 4.83. The van der Waals surface area contributed by atoms with E-state index in [1.165, 1.54) is 0 Å². The lowest BCUT2D eigenvalue weighted by Gasteiger charge is -2.34. The van der Waals surface area contributed by atoms with Crippen molar-refractivity contribution in [3.8, 4) is 0 Å². The van der Waals surface area contributed by atoms with Gasteiger partial charge in [-0.1, -0.05) is 13.8 Å². The second kappa shape index (κ2) is 7.83. The zero-order valence-corrected chi connectivity index (χ0v) is 15.8. The van der Waals surface area contributed by atoms with Crippen LogP contribution in [-0.2, 0) is 0 Å². The van der Waals surface area contributed by atoms with Gasteiger partial charge in [0.2, 0.25) is 11.6 Å². The topological polar surface area (TPSA) is 87.4 Å². The molecule has 0 unspecified atom stereocenters. The van der Waals surface area contributed by atoms with E-state index in [-0.39, 0.29) is 0 Å². The molecule has 0 bridgehead atoms. The largest absolute Gasteiger partial charge is 0.381 e. The molecule has 142 valence electrons. The van der Waals surface area contributed by atoms with Gasteiger partial charge in [0.15, 0.2) is 0 Å². The molecule has 4 rings (SSSR count). The van der Waals surface area contributed by atoms with Gasteiger partial charge in [-0.25, -0.2) is 9.97 Å². The summed E-state index contributed by atoms with van der Waals surface area (Å²) in [6, 6.07) is 3.93. The van der Waals surface area contributed by atoms with Crippen LogP contribution in [0.25, 0.3) is 5.65 Å². The van der Waals surface area contributed by atoms with Crippen molar-refractivity contribution in [2.24, 2.45) is 0 Å². The van der Waals surface area contributed by atoms with Gasteiger partial charge in [-0.15, -0.1) is 10.2 Å². The minimum Gasteiger partial charge on any atom is -0.381 e. The number of aromatic nitrogens is 6. The zero-order chi connectivity index (χ0) is 18.6. The highest BCUT2D eigenvalue weighted by Gasteiger charge is 2.18. The first-order valence-corrected chi connectivity index (χ1v) is 9.40. The molecule has 27 heavy (non-hydrogen) atoms. The minimum absolute atomic E-state index is 0.352. The number of rotatable bonds is 6. The summed E-state index contributed by atoms with van der Waals surface area (Å²) in [5, 5.41) is 16.2. The van der Waals surface area contributed by atoms with E-state index < -0.39 is 0 Å². The van der Waals surface area contributed by atoms with Crippen LogP contribution in [0.5, 0.6) is 0 Å². The summed E-state index contributed by atoms with van der Waals surface area (Å²) in [6.45, 7) is 10.0. The Hall–Kier alpha value is -2.81. The molecule has 1 fully saturated rings.